The Morgan fingerprint density at radius 3 is 0.965 bits per heavy atom. The van der Waals surface area contributed by atoms with Crippen LogP contribution in [0.2, 0.25) is 0 Å². The first-order valence-corrected chi connectivity index (χ1v) is 36.2. The molecule has 8 saturated heterocycles. The molecule has 8 unspecified atom stereocenters. The zero-order valence-corrected chi connectivity index (χ0v) is 61.1. The number of thioether (sulfide) groups is 1. The number of rotatable bonds is 42. The zero-order valence-electron chi connectivity index (χ0n) is 60.3. The summed E-state index contributed by atoms with van der Waals surface area (Å²) in [5.74, 6) is -7.25. The number of hydrogen-bond acceptors (Lipinski definition) is 36. The minimum absolute atomic E-state index is 0. The Balaban J connectivity index is -0.000000188. The normalized spacial score (nSPS) is 18.7. The van der Waals surface area contributed by atoms with E-state index in [0.29, 0.717) is 156 Å². The van der Waals surface area contributed by atoms with Gasteiger partial charge in [-0.15, -0.1) is 0 Å². The Hall–Kier alpha value is -5.26. The predicted octanol–water partition coefficient (Wildman–Crippen LogP) is 1.41. The third kappa shape index (κ3) is 68.2. The van der Waals surface area contributed by atoms with Crippen LogP contribution < -0.4 is 51.2 Å². The van der Waals surface area contributed by atoms with Crippen LogP contribution in [0.3, 0.4) is 0 Å². The second-order valence-corrected chi connectivity index (χ2v) is 25.1. The van der Waals surface area contributed by atoms with Gasteiger partial charge in [-0.2, -0.15) is 11.8 Å². The van der Waals surface area contributed by atoms with Crippen molar-refractivity contribution in [3.05, 3.63) is 0 Å². The van der Waals surface area contributed by atoms with Crippen molar-refractivity contribution in [3.63, 3.8) is 0 Å². The molecule has 0 aromatic rings. The van der Waals surface area contributed by atoms with Crippen LogP contribution in [0.15, 0.2) is 0 Å². The maximum atomic E-state index is 11.2. The van der Waals surface area contributed by atoms with Crippen molar-refractivity contribution >= 4 is 65.3 Å². The van der Waals surface area contributed by atoms with E-state index in [1.165, 1.54) is 11.8 Å². The molecule has 8 heterocycles. The number of carbonyl (C=O) groups is 9. The van der Waals surface area contributed by atoms with E-state index in [0.717, 1.165) is 57.8 Å². The molecule has 8 fully saturated rings. The van der Waals surface area contributed by atoms with Gasteiger partial charge in [-0.05, 0) is 64.2 Å². The van der Waals surface area contributed by atoms with Crippen molar-refractivity contribution in [3.8, 4) is 0 Å². The molecular formula is C71H149N9O34S. The Labute approximate surface area is 682 Å². The smallest absolute Gasteiger partial charge is 0.322 e. The molecule has 0 saturated carbocycles. The molecule has 43 nitrogen and oxygen atoms in total. The Morgan fingerprint density at radius 2 is 0.600 bits per heavy atom. The molecule has 0 bridgehead atoms. The number of carboxylic acids is 8. The summed E-state index contributed by atoms with van der Waals surface area (Å²) in [6.07, 6.45) is 8.15. The molecule has 0 amide bonds. The maximum absolute atomic E-state index is 11.2. The number of ketones is 1. The van der Waals surface area contributed by atoms with E-state index in [2.05, 4.69) is 5.32 Å². The summed E-state index contributed by atoms with van der Waals surface area (Å²) in [5.41, 5.74) is 42.3. The number of unbranched alkanes of at least 4 members (excludes halogenated alkanes) is 3. The van der Waals surface area contributed by atoms with Crippen LogP contribution >= 0.6 is 11.8 Å². The highest BCUT2D eigenvalue weighted by Crippen LogP contribution is 2.18. The van der Waals surface area contributed by atoms with Gasteiger partial charge in [-0.1, -0.05) is 78.7 Å². The lowest BCUT2D eigenvalue weighted by molar-refractivity contribution is -0.142. The molecule has 0 aromatic heterocycles. The molecule has 688 valence electrons. The zero-order chi connectivity index (χ0) is 79.7. The van der Waals surface area contributed by atoms with Gasteiger partial charge in [-0.3, -0.25) is 43.2 Å². The van der Waals surface area contributed by atoms with Crippen molar-refractivity contribution in [1.82, 2.24) is 5.32 Å². The average Bonchev–Trinajstić information content (AvgIpc) is 1.88. The first-order valence-electron chi connectivity index (χ1n) is 35.1. The lowest BCUT2D eigenvalue weighted by Gasteiger charge is -2.11. The van der Waals surface area contributed by atoms with Crippen molar-refractivity contribution in [2.45, 2.75) is 261 Å². The molecule has 44 heteroatoms. The van der Waals surface area contributed by atoms with Gasteiger partial charge in [0.1, 0.15) is 54.1 Å². The van der Waals surface area contributed by atoms with E-state index in [1.54, 1.807) is 0 Å². The molecule has 0 aliphatic carbocycles. The van der Waals surface area contributed by atoms with Crippen LogP contribution in [-0.4, -0.2) is 337 Å². The highest BCUT2D eigenvalue weighted by Gasteiger charge is 2.26. The van der Waals surface area contributed by atoms with Crippen molar-refractivity contribution < 1.29 is 165 Å². The third-order valence-electron chi connectivity index (χ3n) is 15.0. The standard InChI is InChI=1S/C10H19NO4.C9H17NO4.C8H13NO5.C8H15NO4.C7H14N2O4.C7H13NO5.C7H13NO4S.C7H13NO4.8CH4/c11-8(10(12)13)4-2-1-3-5-9-14-6-7-15-9;10-7(9(11)12)3-1-2-4-8-13-5-6-14-8;9-6(8(11)12)3-5(10)4-7-13-1-2-14-7;9-6(8(10)11)2-1-3-7-12-4-5-13-7;8-5(7(10)11)3-9-4-6-12-1-2-13-6;8-5(7(9)10)3-11-4-6-12-1-2-13-6;8-5(7(9)10)3-13-4-6-11-1-2-12-6;8-5(7(9)10)1-2-6-11-3-4-12-6;;;;;;;;/h8-9H,1-7,11H2,(H,12,13);7-8H,1-6,10H2,(H,11,12);6-7H,1-4,9H2,(H,11,12);6-7H,1-5,9H2,(H,10,11);5-6,9H,1-4,8H2,(H,10,11);2*5-6H,1-4,8H2,(H,9,10);5-6H,1-4,8H2,(H,9,10);8*1H4. The van der Waals surface area contributed by atoms with E-state index >= 15 is 0 Å². The Kier molecular flexibility index (Phi) is 85.7. The van der Waals surface area contributed by atoms with Crippen molar-refractivity contribution in [2.24, 2.45) is 45.9 Å². The Morgan fingerprint density at radius 1 is 0.313 bits per heavy atom. The molecule has 0 spiro atoms. The molecule has 8 aliphatic rings. The van der Waals surface area contributed by atoms with Gasteiger partial charge in [0.25, 0.3) is 0 Å². The number of nitrogens with one attached hydrogen (secondary N) is 1. The molecule has 25 N–H and O–H groups in total. The number of nitrogens with two attached hydrogens (primary N) is 8. The summed E-state index contributed by atoms with van der Waals surface area (Å²) in [4.78, 5) is 93.8. The molecule has 115 heavy (non-hydrogen) atoms. The summed E-state index contributed by atoms with van der Waals surface area (Å²) < 4.78 is 87.4. The second-order valence-electron chi connectivity index (χ2n) is 24.0. The van der Waals surface area contributed by atoms with E-state index in [1.807, 2.05) is 0 Å². The van der Waals surface area contributed by atoms with Crippen molar-refractivity contribution in [1.29, 1.82) is 0 Å². The Bertz CT molecular complexity index is 2240. The van der Waals surface area contributed by atoms with Gasteiger partial charge in [0.05, 0.1) is 125 Å². The van der Waals surface area contributed by atoms with Crippen LogP contribution in [0.1, 0.15) is 162 Å². The van der Waals surface area contributed by atoms with Crippen molar-refractivity contribution in [2.75, 3.05) is 144 Å². The fraction of sp³-hybridized carbons (Fsp3) is 0.873. The number of Topliss-reactive ketones (excluding diaryl/α,β-unsaturated/α-hetero) is 1. The molecule has 8 rings (SSSR count). The second kappa shape index (κ2) is 78.6. The monoisotopic (exact) mass is 1700 g/mol. The van der Waals surface area contributed by atoms with Gasteiger partial charge >= 0.3 is 47.8 Å². The molecule has 0 radical (unpaired) electrons. The molecular weight excluding hydrogens is 1550 g/mol. The number of carbonyl (C=O) groups excluding carboxylic acids is 1. The highest BCUT2D eigenvalue weighted by atomic mass is 32.2. The van der Waals surface area contributed by atoms with Gasteiger partial charge in [0.2, 0.25) is 0 Å². The first-order chi connectivity index (χ1) is 51.0. The SMILES string of the molecule is C.C.C.C.C.C.C.C.NC(CC(=O)CC1OCCO1)C(=O)O.NC(CCC1OCCO1)C(=O)O.NC(CCCC1OCCO1)C(=O)O.NC(CCCCC1OCCO1)C(=O)O.NC(CCCCCC1OCCO1)C(=O)O.NC(CNCC1OCCO1)C(=O)O.NC(COCC1OCCO1)C(=O)O.NC(CSCC1OCCO1)C(=O)O. The van der Waals surface area contributed by atoms with Gasteiger partial charge in [0, 0.05) is 37.4 Å². The number of hydrogen-bond donors (Lipinski definition) is 17. The van der Waals surface area contributed by atoms with Gasteiger partial charge in [0.15, 0.2) is 50.3 Å². The topological polar surface area (TPSA) is 693 Å². The molecule has 0 aromatic carbocycles. The summed E-state index contributed by atoms with van der Waals surface area (Å²) in [7, 11) is 0. The number of ether oxygens (including phenoxy) is 17. The van der Waals surface area contributed by atoms with Crippen LogP contribution in [0, 0.1) is 0 Å². The third-order valence-corrected chi connectivity index (χ3v) is 16.1. The van der Waals surface area contributed by atoms with E-state index < -0.39 is 102 Å². The minimum Gasteiger partial charge on any atom is -0.480 e. The lowest BCUT2D eigenvalue weighted by atomic mass is 10.1. The quantitative estimate of drug-likeness (QED) is 0.0384. The highest BCUT2D eigenvalue weighted by molar-refractivity contribution is 7.99. The van der Waals surface area contributed by atoms with Crippen LogP contribution in [0.4, 0.5) is 0 Å². The van der Waals surface area contributed by atoms with E-state index in [4.69, 9.17) is 167 Å². The minimum atomic E-state index is -1.17. The van der Waals surface area contributed by atoms with E-state index in [9.17, 15) is 43.2 Å². The molecule has 8 aliphatic heterocycles. The molecule has 8 atom stereocenters. The summed E-state index contributed by atoms with van der Waals surface area (Å²) in [6.45, 7) is 10.5. The fourth-order valence-corrected chi connectivity index (χ4v) is 9.88. The van der Waals surface area contributed by atoms with Crippen LogP contribution in [-0.2, 0) is 124 Å². The first kappa shape index (κ1) is 125. The van der Waals surface area contributed by atoms with Crippen LogP contribution in [0.5, 0.6) is 0 Å². The van der Waals surface area contributed by atoms with Crippen LogP contribution in [0.25, 0.3) is 0 Å². The number of aliphatic carboxylic acids is 8. The number of carboxylic acid groups (broad SMARTS) is 8. The summed E-state index contributed by atoms with van der Waals surface area (Å²) in [6, 6.07) is -6.82. The van der Waals surface area contributed by atoms with Gasteiger partial charge in [-0.25, -0.2) is 0 Å². The fourth-order valence-electron chi connectivity index (χ4n) is 8.96. The lowest BCUT2D eigenvalue weighted by Crippen LogP contribution is -2.42. The predicted molar refractivity (Wildman–Crippen MR) is 424 cm³/mol. The largest absolute Gasteiger partial charge is 0.480 e. The van der Waals surface area contributed by atoms with Gasteiger partial charge < -0.3 is 173 Å². The summed E-state index contributed by atoms with van der Waals surface area (Å²) >= 11 is 1.43. The summed E-state index contributed by atoms with van der Waals surface area (Å²) in [5, 5.41) is 70.6. The average molecular weight is 1710 g/mol. The maximum Gasteiger partial charge on any atom is 0.322 e. The van der Waals surface area contributed by atoms with E-state index in [-0.39, 0.29) is 142 Å².